The molecule has 5 nitrogen and oxygen atoms in total. The van der Waals surface area contributed by atoms with Crippen LogP contribution in [0.25, 0.3) is 0 Å². The second-order valence-electron chi connectivity index (χ2n) is 3.30. The summed E-state index contributed by atoms with van der Waals surface area (Å²) < 4.78 is 0. The van der Waals surface area contributed by atoms with Crippen molar-refractivity contribution in [2.24, 2.45) is 5.73 Å². The van der Waals surface area contributed by atoms with E-state index in [0.717, 1.165) is 17.8 Å². The van der Waals surface area contributed by atoms with Gasteiger partial charge in [0, 0.05) is 12.7 Å². The normalized spacial score (nSPS) is 19.3. The smallest absolute Gasteiger partial charge is 0.312 e. The van der Waals surface area contributed by atoms with E-state index in [1.165, 1.54) is 0 Å². The standard InChI is InChI=1S/C9H12N4O/c10-9(14)13-7-4-6-2-1-3-11-8(6)12-5-7/h1-3,7H,4-5H2,(H,11,12)(H3,10,13,14). The fourth-order valence-electron chi connectivity index (χ4n) is 1.62. The molecule has 74 valence electrons. The van der Waals surface area contributed by atoms with Crippen molar-refractivity contribution >= 4 is 11.8 Å². The highest BCUT2D eigenvalue weighted by atomic mass is 16.2. The van der Waals surface area contributed by atoms with Gasteiger partial charge in [-0.1, -0.05) is 6.07 Å². The van der Waals surface area contributed by atoms with Gasteiger partial charge in [0.05, 0.1) is 6.04 Å². The highest BCUT2D eigenvalue weighted by molar-refractivity contribution is 5.72. The Kier molecular flexibility index (Phi) is 2.22. The van der Waals surface area contributed by atoms with Crippen LogP contribution in [0.2, 0.25) is 0 Å². The molecule has 2 heterocycles. The zero-order chi connectivity index (χ0) is 9.97. The molecule has 1 aliphatic heterocycles. The number of hydrogen-bond donors (Lipinski definition) is 3. The third kappa shape index (κ3) is 1.76. The van der Waals surface area contributed by atoms with E-state index < -0.39 is 6.03 Å². The van der Waals surface area contributed by atoms with Gasteiger partial charge in [-0.25, -0.2) is 9.78 Å². The van der Waals surface area contributed by atoms with Crippen molar-refractivity contribution in [3.63, 3.8) is 0 Å². The average molecular weight is 192 g/mol. The molecule has 1 aromatic rings. The first-order chi connectivity index (χ1) is 6.75. The molecule has 2 amide bonds. The number of urea groups is 1. The Morgan fingerprint density at radius 3 is 3.36 bits per heavy atom. The largest absolute Gasteiger partial charge is 0.368 e. The number of nitrogens with zero attached hydrogens (tertiary/aromatic N) is 1. The highest BCUT2D eigenvalue weighted by Crippen LogP contribution is 2.17. The van der Waals surface area contributed by atoms with Gasteiger partial charge in [-0.2, -0.15) is 0 Å². The molecule has 1 aromatic heterocycles. The minimum atomic E-state index is -0.482. The second-order valence-corrected chi connectivity index (χ2v) is 3.30. The predicted octanol–water partition coefficient (Wildman–Crippen LogP) is 0.0865. The van der Waals surface area contributed by atoms with Crippen molar-refractivity contribution < 1.29 is 4.79 Å². The number of primary amides is 1. The van der Waals surface area contributed by atoms with E-state index in [4.69, 9.17) is 5.73 Å². The number of hydrogen-bond acceptors (Lipinski definition) is 3. The zero-order valence-electron chi connectivity index (χ0n) is 7.66. The number of pyridine rings is 1. The molecule has 0 aliphatic carbocycles. The molecule has 4 N–H and O–H groups in total. The Balaban J connectivity index is 2.09. The third-order valence-electron chi connectivity index (χ3n) is 2.22. The molecule has 0 bridgehead atoms. The molecule has 1 aliphatic rings. The summed E-state index contributed by atoms with van der Waals surface area (Å²) >= 11 is 0. The van der Waals surface area contributed by atoms with Crippen LogP contribution in [0.1, 0.15) is 5.56 Å². The first kappa shape index (κ1) is 8.80. The lowest BCUT2D eigenvalue weighted by Gasteiger charge is -2.25. The molecule has 5 heteroatoms. The number of anilines is 1. The second kappa shape index (κ2) is 3.53. The van der Waals surface area contributed by atoms with Crippen molar-refractivity contribution in [2.45, 2.75) is 12.5 Å². The summed E-state index contributed by atoms with van der Waals surface area (Å²) in [6, 6.07) is 3.45. The van der Waals surface area contributed by atoms with Gasteiger partial charge in [-0.05, 0) is 18.1 Å². The minimum Gasteiger partial charge on any atom is -0.368 e. The van der Waals surface area contributed by atoms with Crippen molar-refractivity contribution in [2.75, 3.05) is 11.9 Å². The Morgan fingerprint density at radius 2 is 2.57 bits per heavy atom. The van der Waals surface area contributed by atoms with Crippen molar-refractivity contribution in [1.82, 2.24) is 10.3 Å². The fourth-order valence-corrected chi connectivity index (χ4v) is 1.62. The van der Waals surface area contributed by atoms with Crippen LogP contribution >= 0.6 is 0 Å². The van der Waals surface area contributed by atoms with Crippen LogP contribution in [0.5, 0.6) is 0 Å². The van der Waals surface area contributed by atoms with Crippen molar-refractivity contribution in [3.8, 4) is 0 Å². The number of carbonyl (C=O) groups is 1. The molecular formula is C9H12N4O. The molecule has 0 aromatic carbocycles. The topological polar surface area (TPSA) is 80.0 Å². The van der Waals surface area contributed by atoms with E-state index in [2.05, 4.69) is 15.6 Å². The van der Waals surface area contributed by atoms with Crippen molar-refractivity contribution in [1.29, 1.82) is 0 Å². The van der Waals surface area contributed by atoms with Crippen molar-refractivity contribution in [3.05, 3.63) is 23.9 Å². The molecule has 2 rings (SSSR count). The number of nitrogens with two attached hydrogens (primary N) is 1. The van der Waals surface area contributed by atoms with Gasteiger partial charge in [-0.3, -0.25) is 0 Å². The molecule has 0 spiro atoms. The highest BCUT2D eigenvalue weighted by Gasteiger charge is 2.18. The first-order valence-electron chi connectivity index (χ1n) is 4.49. The average Bonchev–Trinajstić information content (AvgIpc) is 2.17. The number of amides is 2. The molecule has 0 saturated carbocycles. The lowest BCUT2D eigenvalue weighted by Crippen LogP contribution is -2.45. The van der Waals surface area contributed by atoms with E-state index in [9.17, 15) is 4.79 Å². The Morgan fingerprint density at radius 1 is 1.71 bits per heavy atom. The van der Waals surface area contributed by atoms with E-state index in [1.807, 2.05) is 12.1 Å². The van der Waals surface area contributed by atoms with Gasteiger partial charge < -0.3 is 16.4 Å². The number of nitrogens with one attached hydrogen (secondary N) is 2. The van der Waals surface area contributed by atoms with E-state index >= 15 is 0 Å². The SMILES string of the molecule is NC(=O)NC1CNc2ncccc2C1. The van der Waals surface area contributed by atoms with Gasteiger partial charge in [-0.15, -0.1) is 0 Å². The summed E-state index contributed by atoms with van der Waals surface area (Å²) in [5, 5.41) is 5.81. The van der Waals surface area contributed by atoms with Crippen LogP contribution in [0.4, 0.5) is 10.6 Å². The molecule has 1 unspecified atom stereocenters. The number of rotatable bonds is 1. The molecule has 14 heavy (non-hydrogen) atoms. The lowest BCUT2D eigenvalue weighted by molar-refractivity contribution is 0.245. The number of carbonyl (C=O) groups excluding carboxylic acids is 1. The number of aromatic nitrogens is 1. The monoisotopic (exact) mass is 192 g/mol. The quantitative estimate of drug-likeness (QED) is 0.589. The minimum absolute atomic E-state index is 0.0594. The van der Waals surface area contributed by atoms with Gasteiger partial charge in [0.15, 0.2) is 0 Å². The maximum absolute atomic E-state index is 10.6. The number of fused-ring (bicyclic) bond motifs is 1. The van der Waals surface area contributed by atoms with Gasteiger partial charge in [0.2, 0.25) is 0 Å². The zero-order valence-corrected chi connectivity index (χ0v) is 7.66. The summed E-state index contributed by atoms with van der Waals surface area (Å²) in [5.74, 6) is 0.898. The maximum Gasteiger partial charge on any atom is 0.312 e. The Labute approximate surface area is 81.7 Å². The maximum atomic E-state index is 10.6. The van der Waals surface area contributed by atoms with Crippen LogP contribution in [-0.2, 0) is 6.42 Å². The summed E-state index contributed by atoms with van der Waals surface area (Å²) in [7, 11) is 0. The Bertz CT molecular complexity index is 352. The van der Waals surface area contributed by atoms with Crippen LogP contribution in [-0.4, -0.2) is 23.6 Å². The molecule has 0 fully saturated rings. The lowest BCUT2D eigenvalue weighted by atomic mass is 10.0. The Hall–Kier alpha value is -1.78. The predicted molar refractivity (Wildman–Crippen MR) is 52.9 cm³/mol. The van der Waals surface area contributed by atoms with Crippen LogP contribution in [0, 0.1) is 0 Å². The van der Waals surface area contributed by atoms with E-state index in [-0.39, 0.29) is 6.04 Å². The molecule has 0 saturated heterocycles. The molecule has 1 atom stereocenters. The third-order valence-corrected chi connectivity index (χ3v) is 2.22. The van der Waals surface area contributed by atoms with Crippen LogP contribution < -0.4 is 16.4 Å². The van der Waals surface area contributed by atoms with Gasteiger partial charge in [0.1, 0.15) is 5.82 Å². The molecule has 0 radical (unpaired) electrons. The van der Waals surface area contributed by atoms with E-state index in [0.29, 0.717) is 6.54 Å². The summed E-state index contributed by atoms with van der Waals surface area (Å²) in [5.41, 5.74) is 6.16. The van der Waals surface area contributed by atoms with Gasteiger partial charge in [0.25, 0.3) is 0 Å². The van der Waals surface area contributed by atoms with Crippen LogP contribution in [0.3, 0.4) is 0 Å². The fraction of sp³-hybridized carbons (Fsp3) is 0.333. The van der Waals surface area contributed by atoms with Crippen LogP contribution in [0.15, 0.2) is 18.3 Å². The van der Waals surface area contributed by atoms with Gasteiger partial charge >= 0.3 is 6.03 Å². The first-order valence-corrected chi connectivity index (χ1v) is 4.49. The summed E-state index contributed by atoms with van der Waals surface area (Å²) in [6.45, 7) is 0.674. The summed E-state index contributed by atoms with van der Waals surface area (Å²) in [4.78, 5) is 14.8. The van der Waals surface area contributed by atoms with E-state index in [1.54, 1.807) is 6.20 Å². The summed E-state index contributed by atoms with van der Waals surface area (Å²) in [6.07, 6.45) is 2.52. The molecular weight excluding hydrogens is 180 g/mol.